The van der Waals surface area contributed by atoms with Crippen molar-refractivity contribution in [2.24, 2.45) is 11.7 Å². The highest BCUT2D eigenvalue weighted by atomic mass is 19.4. The molecule has 13 heavy (non-hydrogen) atoms. The van der Waals surface area contributed by atoms with Gasteiger partial charge in [-0.05, 0) is 5.92 Å². The normalized spacial score (nSPS) is 14.4. The number of hydrogen-bond donors (Lipinski definition) is 2. The lowest BCUT2D eigenvalue weighted by atomic mass is 10.1. The van der Waals surface area contributed by atoms with Gasteiger partial charge in [-0.1, -0.05) is 13.8 Å². The van der Waals surface area contributed by atoms with E-state index in [1.165, 1.54) is 0 Å². The van der Waals surface area contributed by atoms with Gasteiger partial charge in [0.1, 0.15) is 0 Å². The zero-order valence-corrected chi connectivity index (χ0v) is 7.48. The van der Waals surface area contributed by atoms with Crippen LogP contribution in [0.1, 0.15) is 13.8 Å². The minimum atomic E-state index is -4.82. The Kier molecular flexibility index (Phi) is 4.19. The van der Waals surface area contributed by atoms with E-state index in [2.05, 4.69) is 0 Å². The maximum atomic E-state index is 11.6. The van der Waals surface area contributed by atoms with Crippen LogP contribution in [0.5, 0.6) is 0 Å². The Bertz CT molecular complexity index is 179. The number of alkyl halides is 3. The van der Waals surface area contributed by atoms with E-state index < -0.39 is 18.1 Å². The van der Waals surface area contributed by atoms with Crippen LogP contribution < -0.4 is 11.1 Å². The fourth-order valence-corrected chi connectivity index (χ4v) is 0.546. The van der Waals surface area contributed by atoms with E-state index in [1.807, 2.05) is 0 Å². The summed E-state index contributed by atoms with van der Waals surface area (Å²) in [6.45, 7) is 3.38. The first kappa shape index (κ1) is 12.2. The van der Waals surface area contributed by atoms with Crippen LogP contribution in [-0.4, -0.2) is 24.7 Å². The second-order valence-electron chi connectivity index (χ2n) is 3.12. The van der Waals surface area contributed by atoms with E-state index >= 15 is 0 Å². The van der Waals surface area contributed by atoms with Gasteiger partial charge in [-0.2, -0.15) is 13.2 Å². The van der Waals surface area contributed by atoms with Gasteiger partial charge in [0.15, 0.2) is 0 Å². The minimum absolute atomic E-state index is 0.0357. The summed E-state index contributed by atoms with van der Waals surface area (Å²) in [5.74, 6) is -1.91. The summed E-state index contributed by atoms with van der Waals surface area (Å²) in [6.07, 6.45) is -4.82. The fourth-order valence-electron chi connectivity index (χ4n) is 0.546. The molecule has 0 heterocycles. The molecule has 0 saturated heterocycles. The number of nitrogens with two attached hydrogens (primary N) is 1. The van der Waals surface area contributed by atoms with Crippen LogP contribution in [0.2, 0.25) is 0 Å². The van der Waals surface area contributed by atoms with Gasteiger partial charge in [0.05, 0.1) is 0 Å². The van der Waals surface area contributed by atoms with Crippen molar-refractivity contribution >= 4 is 5.91 Å². The van der Waals surface area contributed by atoms with Gasteiger partial charge in [-0.15, -0.1) is 0 Å². The quantitative estimate of drug-likeness (QED) is 0.699. The number of halogens is 3. The van der Waals surface area contributed by atoms with E-state index in [0.29, 0.717) is 0 Å². The van der Waals surface area contributed by atoms with Crippen LogP contribution in [0.15, 0.2) is 0 Å². The molecule has 3 N–H and O–H groups in total. The Balaban J connectivity index is 3.84. The molecule has 3 nitrogen and oxygen atoms in total. The zero-order valence-electron chi connectivity index (χ0n) is 7.48. The van der Waals surface area contributed by atoms with Crippen molar-refractivity contribution in [3.63, 3.8) is 0 Å². The van der Waals surface area contributed by atoms with Gasteiger partial charge >= 0.3 is 12.1 Å². The van der Waals surface area contributed by atoms with Gasteiger partial charge in [0.25, 0.3) is 0 Å². The smallest absolute Gasteiger partial charge is 0.347 e. The van der Waals surface area contributed by atoms with Gasteiger partial charge in [-0.3, -0.25) is 4.79 Å². The highest BCUT2D eigenvalue weighted by Crippen LogP contribution is 2.13. The highest BCUT2D eigenvalue weighted by molar-refractivity contribution is 5.81. The molecule has 1 amide bonds. The maximum absolute atomic E-state index is 11.6. The van der Waals surface area contributed by atoms with Crippen LogP contribution in [0.4, 0.5) is 13.2 Å². The molecule has 1 unspecified atom stereocenters. The molecule has 6 heteroatoms. The first-order chi connectivity index (χ1) is 5.75. The summed E-state index contributed by atoms with van der Waals surface area (Å²) in [4.78, 5) is 10.3. The summed E-state index contributed by atoms with van der Waals surface area (Å²) in [7, 11) is 0. The molecule has 78 valence electrons. The molecule has 0 aromatic rings. The van der Waals surface area contributed by atoms with Crippen molar-refractivity contribution in [3.8, 4) is 0 Å². The standard InChI is InChI=1S/C7H13F3N2O/c1-4(2)5(11)3-12-6(13)7(8,9)10/h4-5H,3,11H2,1-2H3,(H,12,13). The van der Waals surface area contributed by atoms with E-state index in [-0.39, 0.29) is 12.5 Å². The predicted octanol–water partition coefficient (Wildman–Crippen LogP) is 0.648. The number of amides is 1. The summed E-state index contributed by atoms with van der Waals surface area (Å²) in [5.41, 5.74) is 5.43. The lowest BCUT2D eigenvalue weighted by Gasteiger charge is -2.16. The summed E-state index contributed by atoms with van der Waals surface area (Å²) < 4.78 is 34.9. The molecule has 0 aliphatic heterocycles. The van der Waals surface area contributed by atoms with E-state index in [1.54, 1.807) is 19.2 Å². The largest absolute Gasteiger partial charge is 0.471 e. The van der Waals surface area contributed by atoms with Crippen LogP contribution in [0, 0.1) is 5.92 Å². The molecule has 0 aliphatic rings. The van der Waals surface area contributed by atoms with Crippen LogP contribution >= 0.6 is 0 Å². The van der Waals surface area contributed by atoms with Crippen molar-refractivity contribution < 1.29 is 18.0 Å². The lowest BCUT2D eigenvalue weighted by Crippen LogP contribution is -2.45. The number of nitrogens with one attached hydrogen (secondary N) is 1. The number of rotatable bonds is 3. The molecule has 0 saturated carbocycles. The zero-order chi connectivity index (χ0) is 10.6. The first-order valence-corrected chi connectivity index (χ1v) is 3.85. The SMILES string of the molecule is CC(C)C(N)CNC(=O)C(F)(F)F. The van der Waals surface area contributed by atoms with Crippen molar-refractivity contribution in [2.75, 3.05) is 6.54 Å². The first-order valence-electron chi connectivity index (χ1n) is 3.85. The molecule has 0 rings (SSSR count). The average molecular weight is 198 g/mol. The third-order valence-corrected chi connectivity index (χ3v) is 1.61. The molecule has 0 fully saturated rings. The fraction of sp³-hybridized carbons (Fsp3) is 0.857. The third-order valence-electron chi connectivity index (χ3n) is 1.61. The highest BCUT2D eigenvalue weighted by Gasteiger charge is 2.38. The van der Waals surface area contributed by atoms with Crippen molar-refractivity contribution in [1.82, 2.24) is 5.32 Å². The Morgan fingerprint density at radius 1 is 1.46 bits per heavy atom. The molecule has 0 bridgehead atoms. The van der Waals surface area contributed by atoms with Gasteiger partial charge in [0.2, 0.25) is 0 Å². The topological polar surface area (TPSA) is 55.1 Å². The van der Waals surface area contributed by atoms with Crippen molar-refractivity contribution in [2.45, 2.75) is 26.1 Å². The third kappa shape index (κ3) is 4.72. The van der Waals surface area contributed by atoms with E-state index in [9.17, 15) is 18.0 Å². The molecule has 0 spiro atoms. The summed E-state index contributed by atoms with van der Waals surface area (Å²) in [6, 6.07) is -0.452. The minimum Gasteiger partial charge on any atom is -0.347 e. The molecule has 0 aromatic heterocycles. The van der Waals surface area contributed by atoms with Gasteiger partial charge < -0.3 is 11.1 Å². The second-order valence-corrected chi connectivity index (χ2v) is 3.12. The molecule has 0 aromatic carbocycles. The van der Waals surface area contributed by atoms with E-state index in [0.717, 1.165) is 0 Å². The molecule has 0 aliphatic carbocycles. The van der Waals surface area contributed by atoms with Crippen molar-refractivity contribution in [3.05, 3.63) is 0 Å². The Morgan fingerprint density at radius 3 is 2.23 bits per heavy atom. The summed E-state index contributed by atoms with van der Waals surface area (Å²) >= 11 is 0. The van der Waals surface area contributed by atoms with Crippen LogP contribution in [-0.2, 0) is 4.79 Å². The summed E-state index contributed by atoms with van der Waals surface area (Å²) in [5, 5.41) is 1.71. The molecular weight excluding hydrogens is 185 g/mol. The van der Waals surface area contributed by atoms with Crippen molar-refractivity contribution in [1.29, 1.82) is 0 Å². The molecule has 1 atom stereocenters. The predicted molar refractivity (Wildman–Crippen MR) is 41.9 cm³/mol. The Morgan fingerprint density at radius 2 is 1.92 bits per heavy atom. The van der Waals surface area contributed by atoms with E-state index in [4.69, 9.17) is 5.73 Å². The Hall–Kier alpha value is -0.780. The van der Waals surface area contributed by atoms with Gasteiger partial charge in [-0.25, -0.2) is 0 Å². The monoisotopic (exact) mass is 198 g/mol. The number of hydrogen-bond acceptors (Lipinski definition) is 2. The lowest BCUT2D eigenvalue weighted by molar-refractivity contribution is -0.173. The van der Waals surface area contributed by atoms with Gasteiger partial charge in [0, 0.05) is 12.6 Å². The van der Waals surface area contributed by atoms with Crippen LogP contribution in [0.3, 0.4) is 0 Å². The van der Waals surface area contributed by atoms with Crippen LogP contribution in [0.25, 0.3) is 0 Å². The second kappa shape index (κ2) is 4.45. The molecular formula is C7H13F3N2O. The number of carbonyl (C=O) groups excluding carboxylic acids is 1. The number of carbonyl (C=O) groups is 1. The molecule has 0 radical (unpaired) electrons. The average Bonchev–Trinajstić information content (AvgIpc) is 1.97. The Labute approximate surface area is 74.5 Å². The maximum Gasteiger partial charge on any atom is 0.471 e.